The topological polar surface area (TPSA) is 106 Å². The standard InChI is InChI=1S/C14H12FN5O2/c15-11-4-2-1-3-9(11)13-10(7-17-20-13)14(22)16-6-8-5-12(21)19-18-8/h1-5,7H,6H2,(H,16,22)(H,17,20)(H2,18,19,21). The molecule has 7 nitrogen and oxygen atoms in total. The molecule has 8 heteroatoms. The third-order valence-corrected chi connectivity index (χ3v) is 3.12. The van der Waals surface area contributed by atoms with E-state index in [9.17, 15) is 14.0 Å². The summed E-state index contributed by atoms with van der Waals surface area (Å²) in [4.78, 5) is 23.2. The maximum atomic E-state index is 13.8. The summed E-state index contributed by atoms with van der Waals surface area (Å²) < 4.78 is 13.8. The molecule has 3 rings (SSSR count). The highest BCUT2D eigenvalue weighted by Crippen LogP contribution is 2.23. The highest BCUT2D eigenvalue weighted by molar-refractivity contribution is 5.99. The van der Waals surface area contributed by atoms with E-state index in [1.807, 2.05) is 0 Å². The molecule has 0 bridgehead atoms. The average molecular weight is 301 g/mol. The summed E-state index contributed by atoms with van der Waals surface area (Å²) in [6.07, 6.45) is 1.33. The monoisotopic (exact) mass is 301 g/mol. The van der Waals surface area contributed by atoms with Crippen molar-refractivity contribution in [1.82, 2.24) is 25.7 Å². The van der Waals surface area contributed by atoms with Gasteiger partial charge in [0.05, 0.1) is 29.7 Å². The number of hydrogen-bond donors (Lipinski definition) is 4. The smallest absolute Gasteiger partial charge is 0.264 e. The molecule has 4 N–H and O–H groups in total. The van der Waals surface area contributed by atoms with Gasteiger partial charge in [-0.15, -0.1) is 0 Å². The van der Waals surface area contributed by atoms with Gasteiger partial charge < -0.3 is 10.4 Å². The Hall–Kier alpha value is -3.16. The number of rotatable bonds is 4. The number of hydrogen-bond acceptors (Lipinski definition) is 3. The van der Waals surface area contributed by atoms with Crippen molar-refractivity contribution in [2.24, 2.45) is 0 Å². The summed E-state index contributed by atoms with van der Waals surface area (Å²) in [5.74, 6) is -0.871. The van der Waals surface area contributed by atoms with E-state index in [1.54, 1.807) is 18.2 Å². The van der Waals surface area contributed by atoms with Gasteiger partial charge in [0.15, 0.2) is 0 Å². The van der Waals surface area contributed by atoms with Crippen LogP contribution in [0, 0.1) is 5.82 Å². The lowest BCUT2D eigenvalue weighted by atomic mass is 10.1. The van der Waals surface area contributed by atoms with Gasteiger partial charge in [0, 0.05) is 11.6 Å². The first kappa shape index (κ1) is 13.8. The number of carbonyl (C=O) groups excluding carboxylic acids is 1. The molecule has 0 unspecified atom stereocenters. The van der Waals surface area contributed by atoms with Crippen molar-refractivity contribution in [1.29, 1.82) is 0 Å². The first-order valence-electron chi connectivity index (χ1n) is 6.48. The predicted octanol–water partition coefficient (Wildman–Crippen LogP) is 1.16. The van der Waals surface area contributed by atoms with Crippen molar-refractivity contribution in [2.75, 3.05) is 0 Å². The molecule has 2 aromatic heterocycles. The highest BCUT2D eigenvalue weighted by atomic mass is 19.1. The van der Waals surface area contributed by atoms with E-state index in [0.717, 1.165) is 0 Å². The maximum Gasteiger partial charge on any atom is 0.264 e. The number of carbonyl (C=O) groups is 1. The van der Waals surface area contributed by atoms with Gasteiger partial charge in [0.1, 0.15) is 5.82 Å². The van der Waals surface area contributed by atoms with Crippen molar-refractivity contribution in [3.05, 3.63) is 64.0 Å². The van der Waals surface area contributed by atoms with Crippen molar-refractivity contribution >= 4 is 5.91 Å². The van der Waals surface area contributed by atoms with Crippen LogP contribution >= 0.6 is 0 Å². The zero-order chi connectivity index (χ0) is 15.5. The highest BCUT2D eigenvalue weighted by Gasteiger charge is 2.17. The molecule has 2 heterocycles. The average Bonchev–Trinajstić information content (AvgIpc) is 3.14. The van der Waals surface area contributed by atoms with Crippen molar-refractivity contribution in [3.63, 3.8) is 0 Å². The number of benzene rings is 1. The minimum Gasteiger partial charge on any atom is -0.346 e. The Morgan fingerprint density at radius 3 is 2.82 bits per heavy atom. The Labute approximate surface area is 123 Å². The largest absolute Gasteiger partial charge is 0.346 e. The van der Waals surface area contributed by atoms with Crippen LogP contribution in [0.15, 0.2) is 41.3 Å². The Morgan fingerprint density at radius 1 is 1.27 bits per heavy atom. The third-order valence-electron chi connectivity index (χ3n) is 3.12. The summed E-state index contributed by atoms with van der Waals surface area (Å²) in [6, 6.07) is 7.45. The second-order valence-electron chi connectivity index (χ2n) is 4.61. The van der Waals surface area contributed by atoms with Gasteiger partial charge in [-0.1, -0.05) is 12.1 Å². The van der Waals surface area contributed by atoms with Gasteiger partial charge in [-0.25, -0.2) is 4.39 Å². The van der Waals surface area contributed by atoms with Crippen molar-refractivity contribution < 1.29 is 9.18 Å². The van der Waals surface area contributed by atoms with Crippen LogP contribution < -0.4 is 10.9 Å². The molecule has 0 aliphatic rings. The number of nitrogens with zero attached hydrogens (tertiary/aromatic N) is 1. The Morgan fingerprint density at radius 2 is 2.09 bits per heavy atom. The van der Waals surface area contributed by atoms with E-state index in [1.165, 1.54) is 18.3 Å². The predicted molar refractivity (Wildman–Crippen MR) is 76.6 cm³/mol. The van der Waals surface area contributed by atoms with Crippen LogP contribution in [0.3, 0.4) is 0 Å². The molecule has 1 aromatic carbocycles. The lowest BCUT2D eigenvalue weighted by Gasteiger charge is -2.05. The number of amides is 1. The molecule has 0 saturated carbocycles. The van der Waals surface area contributed by atoms with Crippen LogP contribution in [0.25, 0.3) is 11.3 Å². The molecule has 3 aromatic rings. The van der Waals surface area contributed by atoms with E-state index in [2.05, 4.69) is 25.7 Å². The number of aromatic nitrogens is 4. The minimum atomic E-state index is -0.448. The lowest BCUT2D eigenvalue weighted by molar-refractivity contribution is 0.0951. The fraction of sp³-hybridized carbons (Fsp3) is 0.0714. The molecule has 0 fully saturated rings. The minimum absolute atomic E-state index is 0.138. The van der Waals surface area contributed by atoms with Gasteiger partial charge >= 0.3 is 0 Å². The van der Waals surface area contributed by atoms with E-state index < -0.39 is 11.7 Å². The summed E-state index contributed by atoms with van der Waals surface area (Å²) in [5, 5.41) is 14.1. The molecular formula is C14H12FN5O2. The summed E-state index contributed by atoms with van der Waals surface area (Å²) in [6.45, 7) is 0.138. The third kappa shape index (κ3) is 2.66. The zero-order valence-electron chi connectivity index (χ0n) is 11.3. The SMILES string of the molecule is O=C(NCc1cc(=O)[nH][nH]1)c1cn[nH]c1-c1ccccc1F. The number of nitrogens with one attached hydrogen (secondary N) is 4. The van der Waals surface area contributed by atoms with E-state index >= 15 is 0 Å². The van der Waals surface area contributed by atoms with Crippen LogP contribution in [0.1, 0.15) is 16.1 Å². The molecule has 0 spiro atoms. The molecule has 0 radical (unpaired) electrons. The quantitative estimate of drug-likeness (QED) is 0.581. The van der Waals surface area contributed by atoms with Gasteiger partial charge in [-0.2, -0.15) is 5.10 Å². The molecule has 1 amide bonds. The summed E-state index contributed by atoms with van der Waals surface area (Å²) in [7, 11) is 0. The van der Waals surface area contributed by atoms with Crippen LogP contribution in [-0.4, -0.2) is 26.3 Å². The second-order valence-corrected chi connectivity index (χ2v) is 4.61. The van der Waals surface area contributed by atoms with Gasteiger partial charge in [0.25, 0.3) is 11.5 Å². The lowest BCUT2D eigenvalue weighted by Crippen LogP contribution is -2.23. The molecule has 0 aliphatic heterocycles. The Balaban J connectivity index is 1.81. The van der Waals surface area contributed by atoms with E-state index in [-0.39, 0.29) is 23.2 Å². The van der Waals surface area contributed by atoms with Gasteiger partial charge in [0.2, 0.25) is 0 Å². The summed E-state index contributed by atoms with van der Waals surface area (Å²) in [5.41, 5.74) is 1.05. The molecule has 112 valence electrons. The summed E-state index contributed by atoms with van der Waals surface area (Å²) >= 11 is 0. The van der Waals surface area contributed by atoms with Crippen molar-refractivity contribution in [2.45, 2.75) is 6.54 Å². The second kappa shape index (κ2) is 5.68. The number of halogens is 1. The van der Waals surface area contributed by atoms with Crippen LogP contribution in [0.5, 0.6) is 0 Å². The van der Waals surface area contributed by atoms with Gasteiger partial charge in [-0.05, 0) is 12.1 Å². The molecule has 0 saturated heterocycles. The molecule has 0 atom stereocenters. The normalized spacial score (nSPS) is 10.6. The van der Waals surface area contributed by atoms with Gasteiger partial charge in [-0.3, -0.25) is 19.8 Å². The molecule has 22 heavy (non-hydrogen) atoms. The first-order chi connectivity index (χ1) is 10.6. The fourth-order valence-electron chi connectivity index (χ4n) is 2.07. The van der Waals surface area contributed by atoms with Crippen LogP contribution in [0.4, 0.5) is 4.39 Å². The Bertz CT molecular complexity index is 864. The van der Waals surface area contributed by atoms with Crippen LogP contribution in [0.2, 0.25) is 0 Å². The Kier molecular flexibility index (Phi) is 3.57. The van der Waals surface area contributed by atoms with Crippen LogP contribution in [-0.2, 0) is 6.54 Å². The first-order valence-corrected chi connectivity index (χ1v) is 6.48. The molecular weight excluding hydrogens is 289 g/mol. The number of H-pyrrole nitrogens is 3. The number of aromatic amines is 3. The van der Waals surface area contributed by atoms with E-state index in [0.29, 0.717) is 11.4 Å². The maximum absolute atomic E-state index is 13.8. The zero-order valence-corrected chi connectivity index (χ0v) is 11.3. The molecule has 0 aliphatic carbocycles. The fourth-order valence-corrected chi connectivity index (χ4v) is 2.07. The van der Waals surface area contributed by atoms with E-state index in [4.69, 9.17) is 0 Å². The van der Waals surface area contributed by atoms with Crippen molar-refractivity contribution in [3.8, 4) is 11.3 Å².